The first-order valence-electron chi connectivity index (χ1n) is 7.82. The number of aryl methyl sites for hydroxylation is 2. The number of hydrogen-bond acceptors (Lipinski definition) is 3. The Morgan fingerprint density at radius 2 is 2.00 bits per heavy atom. The molecule has 114 valence electrons. The molecule has 0 amide bonds. The van der Waals surface area contributed by atoms with Crippen LogP contribution in [-0.2, 0) is 6.42 Å². The molecule has 0 aromatic carbocycles. The Morgan fingerprint density at radius 1 is 1.19 bits per heavy atom. The summed E-state index contributed by atoms with van der Waals surface area (Å²) in [5.74, 6) is 0.908. The second-order valence-corrected chi connectivity index (χ2v) is 5.61. The maximum absolute atomic E-state index is 4.67. The highest BCUT2D eigenvalue weighted by molar-refractivity contribution is 5.34. The molecule has 0 unspecified atom stereocenters. The van der Waals surface area contributed by atoms with Crippen LogP contribution in [0.15, 0.2) is 18.3 Å². The number of aromatic nitrogens is 3. The molecule has 1 N–H and O–H groups in total. The van der Waals surface area contributed by atoms with Crippen LogP contribution in [0.5, 0.6) is 0 Å². The zero-order valence-corrected chi connectivity index (χ0v) is 13.6. The summed E-state index contributed by atoms with van der Waals surface area (Å²) in [5.41, 5.74) is 4.89. The van der Waals surface area contributed by atoms with Crippen molar-refractivity contribution in [2.24, 2.45) is 0 Å². The molecule has 0 saturated heterocycles. The molecule has 2 rings (SSSR count). The molecule has 2 aromatic rings. The van der Waals surface area contributed by atoms with Gasteiger partial charge in [-0.15, -0.1) is 0 Å². The summed E-state index contributed by atoms with van der Waals surface area (Å²) in [5, 5.41) is 8.12. The highest BCUT2D eigenvalue weighted by atomic mass is 15.3. The molecule has 0 aliphatic rings. The van der Waals surface area contributed by atoms with E-state index in [-0.39, 0.29) is 0 Å². The normalized spacial score (nSPS) is 11.0. The number of pyridine rings is 1. The monoisotopic (exact) mass is 286 g/mol. The Kier molecular flexibility index (Phi) is 5.51. The highest BCUT2D eigenvalue weighted by Crippen LogP contribution is 2.18. The second kappa shape index (κ2) is 7.36. The van der Waals surface area contributed by atoms with Gasteiger partial charge < -0.3 is 5.32 Å². The maximum Gasteiger partial charge on any atom is 0.153 e. The van der Waals surface area contributed by atoms with Crippen LogP contribution in [0.2, 0.25) is 0 Å². The zero-order valence-electron chi connectivity index (χ0n) is 13.6. The van der Waals surface area contributed by atoms with Gasteiger partial charge in [0.05, 0.1) is 5.69 Å². The Hall–Kier alpha value is -1.68. The minimum atomic E-state index is 0.908. The fraction of sp³-hybridized carbons (Fsp3) is 0.529. The SMILES string of the molecule is CCCNCCCc1c(C)nn(-c2cc(C)ccn2)c1C. The van der Waals surface area contributed by atoms with Crippen LogP contribution >= 0.6 is 0 Å². The van der Waals surface area contributed by atoms with Crippen molar-refractivity contribution >= 4 is 0 Å². The number of rotatable bonds is 7. The van der Waals surface area contributed by atoms with Crippen LogP contribution in [0, 0.1) is 20.8 Å². The lowest BCUT2D eigenvalue weighted by atomic mass is 10.1. The van der Waals surface area contributed by atoms with Crippen molar-refractivity contribution < 1.29 is 0 Å². The summed E-state index contributed by atoms with van der Waals surface area (Å²) in [6.45, 7) is 10.7. The van der Waals surface area contributed by atoms with E-state index in [9.17, 15) is 0 Å². The molecular weight excluding hydrogens is 260 g/mol. The van der Waals surface area contributed by atoms with Crippen molar-refractivity contribution in [3.63, 3.8) is 0 Å². The fourth-order valence-corrected chi connectivity index (χ4v) is 2.59. The Balaban J connectivity index is 2.10. The van der Waals surface area contributed by atoms with Crippen LogP contribution < -0.4 is 5.32 Å². The smallest absolute Gasteiger partial charge is 0.153 e. The number of hydrogen-bond donors (Lipinski definition) is 1. The van der Waals surface area contributed by atoms with Crippen molar-refractivity contribution in [1.82, 2.24) is 20.1 Å². The van der Waals surface area contributed by atoms with E-state index in [0.29, 0.717) is 0 Å². The minimum Gasteiger partial charge on any atom is -0.317 e. The van der Waals surface area contributed by atoms with E-state index >= 15 is 0 Å². The van der Waals surface area contributed by atoms with Crippen LogP contribution in [0.1, 0.15) is 42.3 Å². The van der Waals surface area contributed by atoms with Gasteiger partial charge in [0.25, 0.3) is 0 Å². The predicted octanol–water partition coefficient (Wildman–Crippen LogP) is 3.12. The fourth-order valence-electron chi connectivity index (χ4n) is 2.59. The number of nitrogens with one attached hydrogen (secondary N) is 1. The molecule has 4 heteroatoms. The van der Waals surface area contributed by atoms with Crippen molar-refractivity contribution in [2.75, 3.05) is 13.1 Å². The molecule has 0 fully saturated rings. The average molecular weight is 286 g/mol. The van der Waals surface area contributed by atoms with E-state index in [1.165, 1.54) is 23.2 Å². The Labute approximate surface area is 127 Å². The van der Waals surface area contributed by atoms with E-state index in [0.717, 1.165) is 37.4 Å². The first-order chi connectivity index (χ1) is 10.1. The van der Waals surface area contributed by atoms with E-state index in [1.807, 2.05) is 16.9 Å². The quantitative estimate of drug-likeness (QED) is 0.795. The molecule has 0 aliphatic heterocycles. The standard InChI is InChI=1S/C17H26N4/c1-5-9-18-10-6-7-16-14(3)20-21(15(16)4)17-12-13(2)8-11-19-17/h8,11-12,18H,5-7,9-10H2,1-4H3. The Morgan fingerprint density at radius 3 is 2.71 bits per heavy atom. The van der Waals surface area contributed by atoms with Gasteiger partial charge in [-0.3, -0.25) is 0 Å². The molecule has 0 spiro atoms. The van der Waals surface area contributed by atoms with E-state index in [1.54, 1.807) is 0 Å². The molecule has 2 heterocycles. The third-order valence-corrected chi connectivity index (χ3v) is 3.77. The molecule has 0 atom stereocenters. The van der Waals surface area contributed by atoms with Gasteiger partial charge in [0.15, 0.2) is 5.82 Å². The summed E-state index contributed by atoms with van der Waals surface area (Å²) in [4.78, 5) is 4.43. The molecule has 0 radical (unpaired) electrons. The third-order valence-electron chi connectivity index (χ3n) is 3.77. The second-order valence-electron chi connectivity index (χ2n) is 5.61. The molecule has 0 saturated carbocycles. The molecule has 4 nitrogen and oxygen atoms in total. The third kappa shape index (κ3) is 3.91. The van der Waals surface area contributed by atoms with Gasteiger partial charge in [-0.25, -0.2) is 9.67 Å². The van der Waals surface area contributed by atoms with Crippen LogP contribution in [-0.4, -0.2) is 27.9 Å². The van der Waals surface area contributed by atoms with Crippen molar-refractivity contribution in [1.29, 1.82) is 0 Å². The van der Waals surface area contributed by atoms with Gasteiger partial charge in [0.2, 0.25) is 0 Å². The number of nitrogens with zero attached hydrogens (tertiary/aromatic N) is 3. The summed E-state index contributed by atoms with van der Waals surface area (Å²) in [6.07, 6.45) is 5.25. The largest absolute Gasteiger partial charge is 0.317 e. The van der Waals surface area contributed by atoms with Crippen LogP contribution in [0.4, 0.5) is 0 Å². The summed E-state index contributed by atoms with van der Waals surface area (Å²) in [6, 6.07) is 4.08. The summed E-state index contributed by atoms with van der Waals surface area (Å²) >= 11 is 0. The topological polar surface area (TPSA) is 42.7 Å². The van der Waals surface area contributed by atoms with Gasteiger partial charge >= 0.3 is 0 Å². The molecule has 0 bridgehead atoms. The van der Waals surface area contributed by atoms with Gasteiger partial charge in [-0.2, -0.15) is 5.10 Å². The van der Waals surface area contributed by atoms with Crippen LogP contribution in [0.3, 0.4) is 0 Å². The van der Waals surface area contributed by atoms with Crippen molar-refractivity contribution in [3.05, 3.63) is 40.8 Å². The Bertz CT molecular complexity index is 586. The highest BCUT2D eigenvalue weighted by Gasteiger charge is 2.13. The molecule has 21 heavy (non-hydrogen) atoms. The predicted molar refractivity (Wildman–Crippen MR) is 87.1 cm³/mol. The van der Waals surface area contributed by atoms with Gasteiger partial charge in [0, 0.05) is 11.9 Å². The summed E-state index contributed by atoms with van der Waals surface area (Å²) in [7, 11) is 0. The van der Waals surface area contributed by atoms with E-state index in [4.69, 9.17) is 0 Å². The molecular formula is C17H26N4. The van der Waals surface area contributed by atoms with Gasteiger partial charge in [-0.05, 0) is 76.4 Å². The first-order valence-corrected chi connectivity index (χ1v) is 7.82. The van der Waals surface area contributed by atoms with Crippen molar-refractivity contribution in [2.45, 2.75) is 47.0 Å². The first kappa shape index (κ1) is 15.7. The van der Waals surface area contributed by atoms with Gasteiger partial charge in [-0.1, -0.05) is 6.92 Å². The van der Waals surface area contributed by atoms with E-state index in [2.05, 4.69) is 49.2 Å². The maximum atomic E-state index is 4.67. The zero-order chi connectivity index (χ0) is 15.2. The lowest BCUT2D eigenvalue weighted by molar-refractivity contribution is 0.638. The molecule has 2 aromatic heterocycles. The molecule has 0 aliphatic carbocycles. The minimum absolute atomic E-state index is 0.908. The van der Waals surface area contributed by atoms with Crippen molar-refractivity contribution in [3.8, 4) is 5.82 Å². The van der Waals surface area contributed by atoms with Crippen LogP contribution in [0.25, 0.3) is 5.82 Å². The van der Waals surface area contributed by atoms with E-state index < -0.39 is 0 Å². The lowest BCUT2D eigenvalue weighted by Gasteiger charge is -2.06. The van der Waals surface area contributed by atoms with Gasteiger partial charge in [0.1, 0.15) is 0 Å². The summed E-state index contributed by atoms with van der Waals surface area (Å²) < 4.78 is 1.97. The lowest BCUT2D eigenvalue weighted by Crippen LogP contribution is -2.16. The average Bonchev–Trinajstić information content (AvgIpc) is 2.74.